The number of amides is 2. The monoisotopic (exact) mass is 399 g/mol. The predicted octanol–water partition coefficient (Wildman–Crippen LogP) is 4.78. The lowest BCUT2D eigenvalue weighted by Crippen LogP contribution is -2.33. The summed E-state index contributed by atoms with van der Waals surface area (Å²) < 4.78 is 13.0. The normalized spacial score (nSPS) is 15.4. The van der Waals surface area contributed by atoms with Gasteiger partial charge in [0.15, 0.2) is 0 Å². The van der Waals surface area contributed by atoms with Gasteiger partial charge in [-0.3, -0.25) is 14.5 Å². The highest BCUT2D eigenvalue weighted by Gasteiger charge is 2.34. The maximum absolute atomic E-state index is 13.0. The van der Waals surface area contributed by atoms with E-state index in [1.807, 2.05) is 24.3 Å². The van der Waals surface area contributed by atoms with E-state index in [-0.39, 0.29) is 23.6 Å². The summed E-state index contributed by atoms with van der Waals surface area (Å²) in [5.74, 6) is -0.677. The molecule has 1 N–H and O–H groups in total. The molecule has 2 amide bonds. The number of carbonyl (C=O) groups is 2. The second kappa shape index (κ2) is 8.93. The Kier molecular flexibility index (Phi) is 6.36. The van der Waals surface area contributed by atoms with Crippen LogP contribution < -0.4 is 10.2 Å². The van der Waals surface area contributed by atoms with Gasteiger partial charge >= 0.3 is 0 Å². The number of hydrogen-bond acceptors (Lipinski definition) is 5. The molecular formula is C21H22FN3O2S. The Hall–Kier alpha value is -2.80. The van der Waals surface area contributed by atoms with Gasteiger partial charge in [0.25, 0.3) is 11.1 Å². The van der Waals surface area contributed by atoms with Gasteiger partial charge in [0.1, 0.15) is 5.82 Å². The molecule has 146 valence electrons. The Balaban J connectivity index is 1.67. The van der Waals surface area contributed by atoms with Crippen LogP contribution in [0.15, 0.2) is 53.4 Å². The van der Waals surface area contributed by atoms with E-state index in [0.29, 0.717) is 10.6 Å². The third-order valence-corrected chi connectivity index (χ3v) is 5.39. The number of imide groups is 1. The zero-order valence-electron chi connectivity index (χ0n) is 15.8. The number of nitrogens with zero attached hydrogens (tertiary/aromatic N) is 2. The molecule has 1 heterocycles. The SMILES string of the molecule is CCN(CC)c1ccc(/C=C2\SC(=O)N(CNc3ccc(F)cc3)C2=O)cc1. The topological polar surface area (TPSA) is 52.7 Å². The van der Waals surface area contributed by atoms with E-state index in [1.165, 1.54) is 12.1 Å². The Labute approximate surface area is 168 Å². The molecule has 3 rings (SSSR count). The van der Waals surface area contributed by atoms with Gasteiger partial charge in [-0.1, -0.05) is 12.1 Å². The van der Waals surface area contributed by atoms with Crippen molar-refractivity contribution in [2.24, 2.45) is 0 Å². The first-order chi connectivity index (χ1) is 13.5. The van der Waals surface area contributed by atoms with Gasteiger partial charge in [-0.15, -0.1) is 0 Å². The summed E-state index contributed by atoms with van der Waals surface area (Å²) in [5.41, 5.74) is 2.63. The van der Waals surface area contributed by atoms with Crippen molar-refractivity contribution in [2.45, 2.75) is 13.8 Å². The van der Waals surface area contributed by atoms with Crippen LogP contribution in [0.3, 0.4) is 0 Å². The number of benzene rings is 2. The molecule has 7 heteroatoms. The minimum absolute atomic E-state index is 0.0362. The molecule has 0 radical (unpaired) electrons. The molecular weight excluding hydrogens is 377 g/mol. The molecule has 28 heavy (non-hydrogen) atoms. The lowest BCUT2D eigenvalue weighted by molar-refractivity contribution is -0.122. The first-order valence-electron chi connectivity index (χ1n) is 9.11. The molecule has 1 aliphatic heterocycles. The van der Waals surface area contributed by atoms with Crippen LogP contribution in [-0.2, 0) is 4.79 Å². The van der Waals surface area contributed by atoms with Crippen LogP contribution >= 0.6 is 11.8 Å². The zero-order valence-corrected chi connectivity index (χ0v) is 16.6. The van der Waals surface area contributed by atoms with Crippen molar-refractivity contribution in [3.8, 4) is 0 Å². The third kappa shape index (κ3) is 4.54. The van der Waals surface area contributed by atoms with Gasteiger partial charge in [0.2, 0.25) is 0 Å². The average Bonchev–Trinajstić information content (AvgIpc) is 2.96. The van der Waals surface area contributed by atoms with Crippen molar-refractivity contribution < 1.29 is 14.0 Å². The smallest absolute Gasteiger partial charge is 0.295 e. The fraction of sp³-hybridized carbons (Fsp3) is 0.238. The minimum atomic E-state index is -0.341. The van der Waals surface area contributed by atoms with Crippen molar-refractivity contribution in [2.75, 3.05) is 30.0 Å². The molecule has 0 unspecified atom stereocenters. The molecule has 0 aliphatic carbocycles. The van der Waals surface area contributed by atoms with Crippen LogP contribution in [-0.4, -0.2) is 35.8 Å². The fourth-order valence-electron chi connectivity index (χ4n) is 2.90. The van der Waals surface area contributed by atoms with E-state index >= 15 is 0 Å². The van der Waals surface area contributed by atoms with Gasteiger partial charge in [0, 0.05) is 24.5 Å². The Morgan fingerprint density at radius 3 is 2.29 bits per heavy atom. The molecule has 2 aromatic carbocycles. The average molecular weight is 399 g/mol. The third-order valence-electron chi connectivity index (χ3n) is 4.48. The summed E-state index contributed by atoms with van der Waals surface area (Å²) in [6.07, 6.45) is 1.73. The Morgan fingerprint density at radius 2 is 1.68 bits per heavy atom. The molecule has 1 saturated heterocycles. The zero-order chi connectivity index (χ0) is 20.1. The Bertz CT molecular complexity index is 878. The maximum atomic E-state index is 13.0. The molecule has 2 aromatic rings. The molecule has 5 nitrogen and oxygen atoms in total. The molecule has 0 atom stereocenters. The second-order valence-corrected chi connectivity index (χ2v) is 7.21. The first kappa shape index (κ1) is 19.9. The van der Waals surface area contributed by atoms with E-state index in [1.54, 1.807) is 18.2 Å². The van der Waals surface area contributed by atoms with Crippen LogP contribution in [0.5, 0.6) is 0 Å². The summed E-state index contributed by atoms with van der Waals surface area (Å²) in [7, 11) is 0. The second-order valence-electron chi connectivity index (χ2n) is 6.22. The predicted molar refractivity (Wildman–Crippen MR) is 113 cm³/mol. The van der Waals surface area contributed by atoms with E-state index in [9.17, 15) is 14.0 Å². The van der Waals surface area contributed by atoms with E-state index in [4.69, 9.17) is 0 Å². The van der Waals surface area contributed by atoms with Crippen molar-refractivity contribution in [3.05, 3.63) is 64.8 Å². The van der Waals surface area contributed by atoms with Crippen LogP contribution in [0.25, 0.3) is 6.08 Å². The van der Waals surface area contributed by atoms with Crippen molar-refractivity contribution in [1.29, 1.82) is 0 Å². The van der Waals surface area contributed by atoms with Gasteiger partial charge in [0.05, 0.1) is 11.6 Å². The molecule has 1 fully saturated rings. The molecule has 0 bridgehead atoms. The number of halogens is 1. The first-order valence-corrected chi connectivity index (χ1v) is 9.93. The summed E-state index contributed by atoms with van der Waals surface area (Å²) in [5, 5.41) is 2.64. The molecule has 0 aromatic heterocycles. The van der Waals surface area contributed by atoms with Crippen molar-refractivity contribution >= 4 is 40.4 Å². The van der Waals surface area contributed by atoms with Gasteiger partial charge in [-0.2, -0.15) is 0 Å². The number of nitrogens with one attached hydrogen (secondary N) is 1. The molecule has 1 aliphatic rings. The lowest BCUT2D eigenvalue weighted by atomic mass is 10.1. The number of thioether (sulfide) groups is 1. The molecule has 0 saturated carbocycles. The summed E-state index contributed by atoms with van der Waals surface area (Å²) in [4.78, 5) is 28.5. The number of rotatable bonds is 7. The van der Waals surface area contributed by atoms with Crippen LogP contribution in [0.1, 0.15) is 19.4 Å². The van der Waals surface area contributed by atoms with Crippen molar-refractivity contribution in [3.63, 3.8) is 0 Å². The summed E-state index contributed by atoms with van der Waals surface area (Å²) in [6, 6.07) is 13.7. The van der Waals surface area contributed by atoms with Gasteiger partial charge in [-0.05, 0) is 73.6 Å². The lowest BCUT2D eigenvalue weighted by Gasteiger charge is -2.20. The fourth-order valence-corrected chi connectivity index (χ4v) is 3.73. The molecule has 0 spiro atoms. The summed E-state index contributed by atoms with van der Waals surface area (Å²) in [6.45, 7) is 6.10. The van der Waals surface area contributed by atoms with Crippen LogP contribution in [0.2, 0.25) is 0 Å². The minimum Gasteiger partial charge on any atom is -0.372 e. The van der Waals surface area contributed by atoms with E-state index in [2.05, 4.69) is 24.1 Å². The number of hydrogen-bond donors (Lipinski definition) is 1. The van der Waals surface area contributed by atoms with Crippen molar-refractivity contribution in [1.82, 2.24) is 4.90 Å². The summed E-state index contributed by atoms with van der Waals surface area (Å²) >= 11 is 0.922. The highest BCUT2D eigenvalue weighted by Crippen LogP contribution is 2.32. The quantitative estimate of drug-likeness (QED) is 0.679. The van der Waals surface area contributed by atoms with E-state index < -0.39 is 0 Å². The largest absolute Gasteiger partial charge is 0.372 e. The van der Waals surface area contributed by atoms with Gasteiger partial charge in [-0.25, -0.2) is 4.39 Å². The van der Waals surface area contributed by atoms with Crippen LogP contribution in [0, 0.1) is 5.82 Å². The highest BCUT2D eigenvalue weighted by molar-refractivity contribution is 8.18. The number of anilines is 2. The standard InChI is InChI=1S/C21H22FN3O2S/c1-3-24(4-2)18-11-5-15(6-12-18)13-19-20(26)25(21(27)28-19)14-23-17-9-7-16(22)8-10-17/h5-13,23H,3-4,14H2,1-2H3/b19-13-. The Morgan fingerprint density at radius 1 is 1.04 bits per heavy atom. The van der Waals surface area contributed by atoms with Crippen LogP contribution in [0.4, 0.5) is 20.6 Å². The maximum Gasteiger partial charge on any atom is 0.295 e. The highest BCUT2D eigenvalue weighted by atomic mass is 32.2. The van der Waals surface area contributed by atoms with Gasteiger partial charge < -0.3 is 10.2 Å². The van der Waals surface area contributed by atoms with E-state index in [0.717, 1.165) is 41.0 Å². The number of carbonyl (C=O) groups excluding carboxylic acids is 2.